The maximum absolute atomic E-state index is 5.84. The lowest BCUT2D eigenvalue weighted by atomic mass is 10.1. The Kier molecular flexibility index (Phi) is 5.49. The second kappa shape index (κ2) is 8.35. The SMILES string of the molecule is Cc1cccc(OCCCN2CCC(c3nc(-c4ccccc4)no3)C2)c1. The van der Waals surface area contributed by atoms with E-state index in [-0.39, 0.29) is 0 Å². The number of hydrogen-bond donors (Lipinski definition) is 0. The van der Waals surface area contributed by atoms with Crippen molar-refractivity contribution in [1.82, 2.24) is 15.0 Å². The Bertz CT molecular complexity index is 863. The maximum Gasteiger partial charge on any atom is 0.231 e. The quantitative estimate of drug-likeness (QED) is 0.586. The standard InChI is InChI=1S/C22H25N3O2/c1-17-7-5-10-20(15-17)26-14-6-12-25-13-11-19(16-25)22-23-21(24-27-22)18-8-3-2-4-9-18/h2-5,7-10,15,19H,6,11-14,16H2,1H3. The number of hydrogen-bond acceptors (Lipinski definition) is 5. The Morgan fingerprint density at radius 1 is 1.15 bits per heavy atom. The van der Waals surface area contributed by atoms with Gasteiger partial charge in [0.2, 0.25) is 11.7 Å². The van der Waals surface area contributed by atoms with E-state index < -0.39 is 0 Å². The van der Waals surface area contributed by atoms with Gasteiger partial charge in [0.05, 0.1) is 12.5 Å². The van der Waals surface area contributed by atoms with Gasteiger partial charge in [0.25, 0.3) is 0 Å². The largest absolute Gasteiger partial charge is 0.494 e. The van der Waals surface area contributed by atoms with E-state index in [1.165, 1.54) is 5.56 Å². The average Bonchev–Trinajstić information content (AvgIpc) is 3.36. The number of aryl methyl sites for hydroxylation is 1. The number of nitrogens with zero attached hydrogens (tertiary/aromatic N) is 3. The molecular weight excluding hydrogens is 338 g/mol. The van der Waals surface area contributed by atoms with E-state index in [0.29, 0.717) is 11.7 Å². The van der Waals surface area contributed by atoms with Crippen LogP contribution >= 0.6 is 0 Å². The Morgan fingerprint density at radius 3 is 2.89 bits per heavy atom. The van der Waals surface area contributed by atoms with Gasteiger partial charge in [-0.1, -0.05) is 47.6 Å². The van der Waals surface area contributed by atoms with Crippen molar-refractivity contribution in [3.8, 4) is 17.1 Å². The van der Waals surface area contributed by atoms with E-state index in [1.807, 2.05) is 42.5 Å². The molecule has 1 saturated heterocycles. The molecule has 0 amide bonds. The van der Waals surface area contributed by atoms with Crippen LogP contribution in [0.5, 0.6) is 5.75 Å². The van der Waals surface area contributed by atoms with Crippen LogP contribution in [0.1, 0.15) is 30.2 Å². The highest BCUT2D eigenvalue weighted by atomic mass is 16.5. The number of aromatic nitrogens is 2. The summed E-state index contributed by atoms with van der Waals surface area (Å²) in [7, 11) is 0. The van der Waals surface area contributed by atoms with Crippen molar-refractivity contribution in [2.24, 2.45) is 0 Å². The van der Waals surface area contributed by atoms with Crippen molar-refractivity contribution in [1.29, 1.82) is 0 Å². The molecule has 5 nitrogen and oxygen atoms in total. The first-order valence-electron chi connectivity index (χ1n) is 9.59. The minimum atomic E-state index is 0.327. The molecule has 1 aromatic heterocycles. The van der Waals surface area contributed by atoms with Crippen LogP contribution < -0.4 is 4.74 Å². The van der Waals surface area contributed by atoms with Gasteiger partial charge in [0.15, 0.2) is 0 Å². The molecule has 0 spiro atoms. The third kappa shape index (κ3) is 4.55. The molecule has 4 rings (SSSR count). The smallest absolute Gasteiger partial charge is 0.231 e. The molecule has 3 aromatic rings. The van der Waals surface area contributed by atoms with Gasteiger partial charge in [0.1, 0.15) is 5.75 Å². The summed E-state index contributed by atoms with van der Waals surface area (Å²) in [4.78, 5) is 7.07. The highest BCUT2D eigenvalue weighted by Crippen LogP contribution is 2.27. The predicted octanol–water partition coefficient (Wildman–Crippen LogP) is 4.30. The third-order valence-corrected chi connectivity index (χ3v) is 4.97. The average molecular weight is 363 g/mol. The van der Waals surface area contributed by atoms with Crippen molar-refractivity contribution in [3.05, 3.63) is 66.1 Å². The summed E-state index contributed by atoms with van der Waals surface area (Å²) >= 11 is 0. The predicted molar refractivity (Wildman–Crippen MR) is 105 cm³/mol. The summed E-state index contributed by atoms with van der Waals surface area (Å²) in [5.41, 5.74) is 2.22. The van der Waals surface area contributed by atoms with Gasteiger partial charge >= 0.3 is 0 Å². The monoisotopic (exact) mass is 363 g/mol. The summed E-state index contributed by atoms with van der Waals surface area (Å²) in [6, 6.07) is 18.2. The second-order valence-electron chi connectivity index (χ2n) is 7.13. The van der Waals surface area contributed by atoms with Crippen LogP contribution in [-0.4, -0.2) is 41.3 Å². The van der Waals surface area contributed by atoms with Crippen LogP contribution in [0.4, 0.5) is 0 Å². The second-order valence-corrected chi connectivity index (χ2v) is 7.13. The minimum absolute atomic E-state index is 0.327. The van der Waals surface area contributed by atoms with Crippen LogP contribution in [-0.2, 0) is 0 Å². The van der Waals surface area contributed by atoms with Crippen molar-refractivity contribution in [3.63, 3.8) is 0 Å². The third-order valence-electron chi connectivity index (χ3n) is 4.97. The first-order chi connectivity index (χ1) is 13.3. The topological polar surface area (TPSA) is 51.4 Å². The molecule has 2 aromatic carbocycles. The van der Waals surface area contributed by atoms with Crippen LogP contribution in [0.2, 0.25) is 0 Å². The van der Waals surface area contributed by atoms with Gasteiger partial charge in [-0.3, -0.25) is 0 Å². The lowest BCUT2D eigenvalue weighted by Gasteiger charge is -2.15. The first-order valence-corrected chi connectivity index (χ1v) is 9.59. The molecule has 0 N–H and O–H groups in total. The zero-order valence-electron chi connectivity index (χ0n) is 15.7. The highest BCUT2D eigenvalue weighted by molar-refractivity contribution is 5.53. The van der Waals surface area contributed by atoms with Crippen LogP contribution in [0, 0.1) is 6.92 Å². The molecule has 5 heteroatoms. The zero-order chi connectivity index (χ0) is 18.5. The minimum Gasteiger partial charge on any atom is -0.494 e. The number of rotatable bonds is 7. The lowest BCUT2D eigenvalue weighted by molar-refractivity contribution is 0.258. The van der Waals surface area contributed by atoms with Crippen molar-refractivity contribution in [2.45, 2.75) is 25.7 Å². The van der Waals surface area contributed by atoms with E-state index in [0.717, 1.165) is 56.3 Å². The van der Waals surface area contributed by atoms with E-state index in [9.17, 15) is 0 Å². The van der Waals surface area contributed by atoms with E-state index >= 15 is 0 Å². The van der Waals surface area contributed by atoms with Crippen molar-refractivity contribution in [2.75, 3.05) is 26.2 Å². The molecule has 1 aliphatic heterocycles. The fraction of sp³-hybridized carbons (Fsp3) is 0.364. The molecular formula is C22H25N3O2. The fourth-order valence-electron chi connectivity index (χ4n) is 3.53. The van der Waals surface area contributed by atoms with E-state index in [4.69, 9.17) is 9.26 Å². The number of ether oxygens (including phenoxy) is 1. The van der Waals surface area contributed by atoms with Crippen molar-refractivity contribution >= 4 is 0 Å². The Hall–Kier alpha value is -2.66. The number of benzene rings is 2. The molecule has 0 radical (unpaired) electrons. The fourth-order valence-corrected chi connectivity index (χ4v) is 3.53. The van der Waals surface area contributed by atoms with E-state index in [1.54, 1.807) is 0 Å². The number of likely N-dealkylation sites (tertiary alicyclic amines) is 1. The Labute approximate surface area is 160 Å². The molecule has 1 fully saturated rings. The lowest BCUT2D eigenvalue weighted by Crippen LogP contribution is -2.23. The van der Waals surface area contributed by atoms with Gasteiger partial charge in [-0.25, -0.2) is 0 Å². The van der Waals surface area contributed by atoms with Gasteiger partial charge in [-0.05, 0) is 44.0 Å². The molecule has 2 heterocycles. The molecule has 0 aliphatic carbocycles. The molecule has 1 aliphatic rings. The maximum atomic E-state index is 5.84. The summed E-state index contributed by atoms with van der Waals surface area (Å²) in [6.45, 7) is 5.89. The highest BCUT2D eigenvalue weighted by Gasteiger charge is 2.28. The van der Waals surface area contributed by atoms with Gasteiger partial charge in [-0.2, -0.15) is 4.98 Å². The Morgan fingerprint density at radius 2 is 2.04 bits per heavy atom. The molecule has 0 saturated carbocycles. The van der Waals surface area contributed by atoms with E-state index in [2.05, 4.69) is 34.1 Å². The van der Waals surface area contributed by atoms with Crippen LogP contribution in [0.3, 0.4) is 0 Å². The molecule has 1 atom stereocenters. The van der Waals surface area contributed by atoms with Crippen LogP contribution in [0.25, 0.3) is 11.4 Å². The normalized spacial score (nSPS) is 17.3. The van der Waals surface area contributed by atoms with Gasteiger partial charge in [0, 0.05) is 18.7 Å². The summed E-state index contributed by atoms with van der Waals surface area (Å²) < 4.78 is 11.4. The summed E-state index contributed by atoms with van der Waals surface area (Å²) in [5, 5.41) is 4.15. The molecule has 0 bridgehead atoms. The molecule has 1 unspecified atom stereocenters. The first kappa shape index (κ1) is 17.7. The van der Waals surface area contributed by atoms with Gasteiger partial charge in [-0.15, -0.1) is 0 Å². The summed E-state index contributed by atoms with van der Waals surface area (Å²) in [6.07, 6.45) is 2.08. The zero-order valence-corrected chi connectivity index (χ0v) is 15.7. The molecule has 27 heavy (non-hydrogen) atoms. The summed E-state index contributed by atoms with van der Waals surface area (Å²) in [5.74, 6) is 2.71. The van der Waals surface area contributed by atoms with Crippen molar-refractivity contribution < 1.29 is 9.26 Å². The molecule has 140 valence electrons. The Balaban J connectivity index is 1.24. The van der Waals surface area contributed by atoms with Gasteiger partial charge < -0.3 is 14.2 Å². The van der Waals surface area contributed by atoms with Crippen LogP contribution in [0.15, 0.2) is 59.1 Å².